The lowest BCUT2D eigenvalue weighted by Crippen LogP contribution is -2.45. The molecule has 28 heavy (non-hydrogen) atoms. The van der Waals surface area contributed by atoms with Crippen LogP contribution in [-0.4, -0.2) is 83.5 Å². The van der Waals surface area contributed by atoms with Crippen LogP contribution in [0.25, 0.3) is 0 Å². The van der Waals surface area contributed by atoms with E-state index in [-0.39, 0.29) is 30.0 Å². The minimum atomic E-state index is -2.98. The Hall–Kier alpha value is -2.29. The number of amides is 1. The molecule has 1 aliphatic heterocycles. The molecule has 2 rings (SSSR count). The number of hydrogen-bond donors (Lipinski definition) is 2. The number of carbonyl (C=O) groups is 1. The van der Waals surface area contributed by atoms with Crippen LogP contribution in [-0.2, 0) is 14.6 Å². The van der Waals surface area contributed by atoms with Gasteiger partial charge in [0.2, 0.25) is 5.91 Å². The zero-order chi connectivity index (χ0) is 20.6. The van der Waals surface area contributed by atoms with Gasteiger partial charge in [0, 0.05) is 46.0 Å². The number of para-hydroxylation sites is 1. The molecule has 8 nitrogen and oxygen atoms in total. The van der Waals surface area contributed by atoms with E-state index in [4.69, 9.17) is 0 Å². The van der Waals surface area contributed by atoms with E-state index in [0.717, 1.165) is 18.7 Å². The van der Waals surface area contributed by atoms with Crippen molar-refractivity contribution in [2.24, 2.45) is 4.99 Å². The lowest BCUT2D eigenvalue weighted by atomic mass is 10.2. The number of benzene rings is 1. The van der Waals surface area contributed by atoms with Gasteiger partial charge in [-0.15, -0.1) is 0 Å². The number of nitrogens with zero attached hydrogens (tertiary/aromatic N) is 3. The number of carbonyl (C=O) groups excluding carboxylic acids is 1. The number of aliphatic imine (C=N–C) groups is 1. The van der Waals surface area contributed by atoms with Crippen molar-refractivity contribution < 1.29 is 13.2 Å². The molecule has 9 heteroatoms. The maximum absolute atomic E-state index is 11.8. The average molecular weight is 410 g/mol. The van der Waals surface area contributed by atoms with Crippen LogP contribution >= 0.6 is 0 Å². The molecule has 1 fully saturated rings. The lowest BCUT2D eigenvalue weighted by Gasteiger charge is -2.20. The minimum Gasteiger partial charge on any atom is -0.375 e. The number of hydrogen-bond acceptors (Lipinski definition) is 5. The summed E-state index contributed by atoms with van der Waals surface area (Å²) in [7, 11) is 2.43. The molecular formula is C19H31N5O3S. The Bertz CT molecular complexity index is 765. The van der Waals surface area contributed by atoms with Gasteiger partial charge in [0.1, 0.15) is 6.54 Å². The van der Waals surface area contributed by atoms with E-state index < -0.39 is 9.84 Å². The zero-order valence-corrected chi connectivity index (χ0v) is 17.7. The quantitative estimate of drug-likeness (QED) is 0.365. The fraction of sp³-hybridized carbons (Fsp3) is 0.579. The maximum Gasteiger partial charge on any atom is 0.243 e. The van der Waals surface area contributed by atoms with E-state index in [1.54, 1.807) is 14.1 Å². The Morgan fingerprint density at radius 1 is 1.21 bits per heavy atom. The molecule has 1 aliphatic rings. The Kier molecular flexibility index (Phi) is 8.10. The minimum absolute atomic E-state index is 0.0196. The van der Waals surface area contributed by atoms with Crippen molar-refractivity contribution in [2.45, 2.75) is 18.9 Å². The van der Waals surface area contributed by atoms with Crippen molar-refractivity contribution in [2.75, 3.05) is 57.2 Å². The molecule has 2 N–H and O–H groups in total. The van der Waals surface area contributed by atoms with Crippen LogP contribution in [0.4, 0.5) is 5.69 Å². The van der Waals surface area contributed by atoms with Crippen LogP contribution in [0.1, 0.15) is 12.8 Å². The number of likely N-dealkylation sites (N-methyl/N-ethyl adjacent to an activating group) is 1. The average Bonchev–Trinajstić information content (AvgIpc) is 3.01. The second kappa shape index (κ2) is 10.3. The summed E-state index contributed by atoms with van der Waals surface area (Å²) >= 11 is 0. The predicted molar refractivity (Wildman–Crippen MR) is 114 cm³/mol. The van der Waals surface area contributed by atoms with E-state index in [0.29, 0.717) is 18.9 Å². The van der Waals surface area contributed by atoms with Crippen molar-refractivity contribution in [3.8, 4) is 0 Å². The largest absolute Gasteiger partial charge is 0.375 e. The highest BCUT2D eigenvalue weighted by Gasteiger charge is 2.28. The van der Waals surface area contributed by atoms with Gasteiger partial charge in [-0.05, 0) is 25.0 Å². The summed E-state index contributed by atoms with van der Waals surface area (Å²) in [6, 6.07) is 9.97. The highest BCUT2D eigenvalue weighted by Crippen LogP contribution is 2.12. The third-order valence-corrected chi connectivity index (χ3v) is 6.37. The fourth-order valence-corrected chi connectivity index (χ4v) is 4.55. The molecule has 0 saturated carbocycles. The van der Waals surface area contributed by atoms with Gasteiger partial charge in [-0.1, -0.05) is 18.2 Å². The molecule has 0 bridgehead atoms. The summed E-state index contributed by atoms with van der Waals surface area (Å²) in [6.45, 7) is 1.54. The molecule has 1 heterocycles. The first-order chi connectivity index (χ1) is 13.3. The van der Waals surface area contributed by atoms with Crippen molar-refractivity contribution in [3.05, 3.63) is 30.3 Å². The first-order valence-electron chi connectivity index (χ1n) is 9.48. The van der Waals surface area contributed by atoms with Gasteiger partial charge in [0.15, 0.2) is 15.8 Å². The number of sulfone groups is 1. The summed E-state index contributed by atoms with van der Waals surface area (Å²) in [5, 5.41) is 6.38. The maximum atomic E-state index is 11.8. The van der Waals surface area contributed by atoms with Crippen LogP contribution in [0, 0.1) is 0 Å². The van der Waals surface area contributed by atoms with E-state index in [1.165, 1.54) is 4.90 Å². The summed E-state index contributed by atoms with van der Waals surface area (Å²) in [6.07, 6.45) is 1.43. The lowest BCUT2D eigenvalue weighted by molar-refractivity contribution is -0.127. The van der Waals surface area contributed by atoms with E-state index in [9.17, 15) is 13.2 Å². The van der Waals surface area contributed by atoms with Gasteiger partial charge in [0.05, 0.1) is 11.5 Å². The Morgan fingerprint density at radius 3 is 2.54 bits per heavy atom. The zero-order valence-electron chi connectivity index (χ0n) is 16.9. The molecule has 1 unspecified atom stereocenters. The fourth-order valence-electron chi connectivity index (χ4n) is 2.88. The molecule has 0 radical (unpaired) electrons. The second-order valence-electron chi connectivity index (χ2n) is 7.23. The molecular weight excluding hydrogens is 378 g/mol. The Balaban J connectivity index is 1.86. The third kappa shape index (κ3) is 7.38. The first-order valence-corrected chi connectivity index (χ1v) is 11.3. The van der Waals surface area contributed by atoms with Crippen molar-refractivity contribution in [3.63, 3.8) is 0 Å². The van der Waals surface area contributed by atoms with Gasteiger partial charge < -0.3 is 20.4 Å². The Labute approximate surface area is 167 Å². The monoisotopic (exact) mass is 409 g/mol. The van der Waals surface area contributed by atoms with Crippen LogP contribution in [0.15, 0.2) is 35.3 Å². The molecule has 156 valence electrons. The first kappa shape index (κ1) is 22.0. The summed E-state index contributed by atoms with van der Waals surface area (Å²) < 4.78 is 23.4. The van der Waals surface area contributed by atoms with Crippen molar-refractivity contribution >= 4 is 27.4 Å². The second-order valence-corrected chi connectivity index (χ2v) is 9.46. The highest BCUT2D eigenvalue weighted by atomic mass is 32.2. The number of rotatable bonds is 8. The molecule has 1 aromatic carbocycles. The molecule has 1 aromatic rings. The van der Waals surface area contributed by atoms with Gasteiger partial charge in [0.25, 0.3) is 0 Å². The van der Waals surface area contributed by atoms with Crippen LogP contribution < -0.4 is 15.5 Å². The van der Waals surface area contributed by atoms with Crippen LogP contribution in [0.3, 0.4) is 0 Å². The molecule has 0 spiro atoms. The normalized spacial score (nSPS) is 18.5. The summed E-state index contributed by atoms with van der Waals surface area (Å²) in [4.78, 5) is 19.8. The number of nitrogens with one attached hydrogen (secondary N) is 2. The highest BCUT2D eigenvalue weighted by molar-refractivity contribution is 7.91. The predicted octanol–water partition coefficient (Wildman–Crippen LogP) is 0.323. The molecule has 0 aromatic heterocycles. The molecule has 0 aliphatic carbocycles. The van der Waals surface area contributed by atoms with Crippen LogP contribution in [0.5, 0.6) is 0 Å². The summed E-state index contributed by atoms with van der Waals surface area (Å²) in [5.74, 6) is 0.673. The van der Waals surface area contributed by atoms with Crippen molar-refractivity contribution in [1.29, 1.82) is 0 Å². The molecule has 1 saturated heterocycles. The smallest absolute Gasteiger partial charge is 0.243 e. The summed E-state index contributed by atoms with van der Waals surface area (Å²) in [5.41, 5.74) is 1.15. The van der Waals surface area contributed by atoms with E-state index in [1.807, 2.05) is 25.2 Å². The topological polar surface area (TPSA) is 94.1 Å². The third-order valence-electron chi connectivity index (χ3n) is 4.60. The molecule has 1 atom stereocenters. The SMILES string of the molecule is CN(C)C(=O)CN=C(NCCCN(C)c1ccccc1)NC1CCS(=O)(=O)C1. The van der Waals surface area contributed by atoms with Crippen LogP contribution in [0.2, 0.25) is 0 Å². The van der Waals surface area contributed by atoms with Crippen molar-refractivity contribution in [1.82, 2.24) is 15.5 Å². The van der Waals surface area contributed by atoms with Gasteiger partial charge in [-0.3, -0.25) is 4.79 Å². The molecule has 1 amide bonds. The number of anilines is 1. The number of guanidine groups is 1. The van der Waals surface area contributed by atoms with Gasteiger partial charge in [-0.2, -0.15) is 0 Å². The standard InChI is InChI=1S/C19H31N5O3S/c1-23(2)18(25)14-21-19(22-16-10-13-28(26,27)15-16)20-11-7-12-24(3)17-8-5-4-6-9-17/h4-6,8-9,16H,7,10-15H2,1-3H3,(H2,20,21,22). The van der Waals surface area contributed by atoms with Gasteiger partial charge >= 0.3 is 0 Å². The Morgan fingerprint density at radius 2 is 1.93 bits per heavy atom. The van der Waals surface area contributed by atoms with E-state index in [2.05, 4.69) is 32.7 Å². The van der Waals surface area contributed by atoms with E-state index >= 15 is 0 Å². The van der Waals surface area contributed by atoms with Gasteiger partial charge in [-0.25, -0.2) is 13.4 Å².